The van der Waals surface area contributed by atoms with E-state index in [1.807, 2.05) is 40.0 Å². The van der Waals surface area contributed by atoms with Crippen molar-refractivity contribution in [3.05, 3.63) is 0 Å². The van der Waals surface area contributed by atoms with Crippen LogP contribution in [0.25, 0.3) is 0 Å². The Kier molecular flexibility index (Phi) is 17.2. The molecule has 0 unspecified atom stereocenters. The van der Waals surface area contributed by atoms with Crippen LogP contribution in [0.2, 0.25) is 26.2 Å². The molecule has 0 rings (SSSR count). The van der Waals surface area contributed by atoms with Crippen molar-refractivity contribution in [2.24, 2.45) is 10.2 Å². The number of hydrogen-bond donors (Lipinski definition) is 2. The molecule has 0 radical (unpaired) electrons. The second-order valence-corrected chi connectivity index (χ2v) is 18.1. The van der Waals surface area contributed by atoms with Crippen LogP contribution in [0.3, 0.4) is 0 Å². The summed E-state index contributed by atoms with van der Waals surface area (Å²) < 4.78 is 16.7. The van der Waals surface area contributed by atoms with Crippen LogP contribution in [0.5, 0.6) is 0 Å². The van der Waals surface area contributed by atoms with E-state index in [4.69, 9.17) is 13.6 Å². The number of hydrogen-bond acceptors (Lipinski definition) is 11. The average molecular weight is 589 g/mol. The first-order valence-corrected chi connectivity index (χ1v) is 18.8. The van der Waals surface area contributed by atoms with Crippen molar-refractivity contribution in [2.75, 3.05) is 38.6 Å². The number of urea groups is 2. The molecule has 0 fully saturated rings. The molecule has 0 aliphatic heterocycles. The Morgan fingerprint density at radius 1 is 0.718 bits per heavy atom. The number of carbonyl (C=O) groups excluding carboxylic acids is 6. The van der Waals surface area contributed by atoms with Gasteiger partial charge in [-0.25, -0.2) is 30.0 Å². The van der Waals surface area contributed by atoms with Crippen LogP contribution in [0.4, 0.5) is 9.59 Å². The molecule has 0 heterocycles. The predicted molar refractivity (Wildman–Crippen MR) is 144 cm³/mol. The molecule has 15 nitrogen and oxygen atoms in total. The third-order valence-electron chi connectivity index (χ3n) is 4.77. The lowest BCUT2D eigenvalue weighted by atomic mass is 10.4. The van der Waals surface area contributed by atoms with E-state index in [9.17, 15) is 28.8 Å². The van der Waals surface area contributed by atoms with Crippen LogP contribution >= 0.6 is 0 Å². The predicted octanol–water partition coefficient (Wildman–Crippen LogP) is 1.70. The monoisotopic (exact) mass is 588 g/mol. The third-order valence-corrected chi connectivity index (χ3v) is 11.5. The number of hydrazone groups is 2. The summed E-state index contributed by atoms with van der Waals surface area (Å²) in [4.78, 5) is 72.7. The molecule has 0 aliphatic carbocycles. The van der Waals surface area contributed by atoms with E-state index in [1.54, 1.807) is 0 Å². The Hall–Kier alpha value is -3.37. The summed E-state index contributed by atoms with van der Waals surface area (Å²) in [6.45, 7) is 11.7. The van der Waals surface area contributed by atoms with Crippen molar-refractivity contribution >= 4 is 52.8 Å². The van der Waals surface area contributed by atoms with Gasteiger partial charge in [0.2, 0.25) is 0 Å². The first-order chi connectivity index (χ1) is 18.3. The summed E-state index contributed by atoms with van der Waals surface area (Å²) in [5.74, 6) is -0.943. The Morgan fingerprint density at radius 3 is 1.38 bits per heavy atom. The molecular weight excluding hydrogens is 548 g/mol. The van der Waals surface area contributed by atoms with E-state index >= 15 is 0 Å². The van der Waals surface area contributed by atoms with Gasteiger partial charge in [0.25, 0.3) is 12.2 Å². The number of esters is 2. The third kappa shape index (κ3) is 17.0. The molecule has 0 aromatic heterocycles. The second-order valence-electron chi connectivity index (χ2n) is 9.65. The molecule has 220 valence electrons. The van der Waals surface area contributed by atoms with E-state index in [0.29, 0.717) is 12.8 Å². The molecule has 17 heteroatoms. The van der Waals surface area contributed by atoms with Crippen LogP contribution in [0, 0.1) is 0 Å². The van der Waals surface area contributed by atoms with Gasteiger partial charge in [0.05, 0.1) is 26.1 Å². The molecular formula is C22H40N6O9Si2. The zero-order chi connectivity index (χ0) is 29.9. The van der Waals surface area contributed by atoms with Gasteiger partial charge in [0, 0.05) is 25.4 Å². The first-order valence-electron chi connectivity index (χ1n) is 12.6. The van der Waals surface area contributed by atoms with Gasteiger partial charge in [-0.2, -0.15) is 0 Å². The lowest BCUT2D eigenvalue weighted by Gasteiger charge is -2.39. The van der Waals surface area contributed by atoms with Gasteiger partial charge in [0.1, 0.15) is 0 Å². The largest absolute Gasteiger partial charge is 0.466 e. The van der Waals surface area contributed by atoms with E-state index in [-0.39, 0.29) is 51.5 Å². The highest BCUT2D eigenvalue weighted by atomic mass is 28.4. The van der Waals surface area contributed by atoms with Gasteiger partial charge < -0.3 is 23.4 Å². The summed E-state index contributed by atoms with van der Waals surface area (Å²) in [7, 11) is -5.38. The van der Waals surface area contributed by atoms with E-state index in [1.165, 1.54) is 22.0 Å². The van der Waals surface area contributed by atoms with Gasteiger partial charge in [0.15, 0.2) is 16.6 Å². The molecule has 0 saturated heterocycles. The molecule has 2 N–H and O–H groups in total. The number of nitrogens with one attached hydrogen (secondary N) is 2. The maximum Gasteiger partial charge on any atom is 0.338 e. The highest BCUT2D eigenvalue weighted by Gasteiger charge is 2.38. The number of amides is 4. The fourth-order valence-corrected chi connectivity index (χ4v) is 12.5. The minimum absolute atomic E-state index is 0.00261. The normalized spacial score (nSPS) is 10.8. The Bertz CT molecular complexity index is 850. The van der Waals surface area contributed by atoms with Gasteiger partial charge >= 0.3 is 24.0 Å². The van der Waals surface area contributed by atoms with Crippen molar-refractivity contribution < 1.29 is 42.4 Å². The molecule has 0 aliphatic rings. The quantitative estimate of drug-likeness (QED) is 0.0790. The number of ether oxygens (including phenoxy) is 2. The maximum absolute atomic E-state index is 12.6. The Balaban J connectivity index is 5.54. The highest BCUT2D eigenvalue weighted by Crippen LogP contribution is 2.18. The van der Waals surface area contributed by atoms with Gasteiger partial charge in [-0.15, -0.1) is 0 Å². The summed E-state index contributed by atoms with van der Waals surface area (Å²) in [5.41, 5.74) is 4.12. The average Bonchev–Trinajstić information content (AvgIpc) is 2.87. The molecule has 0 aromatic carbocycles. The molecule has 0 saturated carbocycles. The van der Waals surface area contributed by atoms with Crippen molar-refractivity contribution in [1.29, 1.82) is 0 Å². The lowest BCUT2D eigenvalue weighted by Crippen LogP contribution is -2.58. The summed E-state index contributed by atoms with van der Waals surface area (Å²) in [5, 5.41) is 6.21. The van der Waals surface area contributed by atoms with E-state index in [0.717, 1.165) is 0 Å². The van der Waals surface area contributed by atoms with E-state index < -0.39 is 40.6 Å². The summed E-state index contributed by atoms with van der Waals surface area (Å²) in [6.07, 6.45) is 3.91. The SMILES string of the molecule is CCCOC(=O)CCN(C[Si](C)(C)O[Si](C)(C)CN(CCC(=O)OCCC)C(=O)NN=C=O)C(=O)NN=C=O. The number of carbonyl (C=O) groups is 4. The smallest absolute Gasteiger partial charge is 0.338 e. The van der Waals surface area contributed by atoms with E-state index in [2.05, 4.69) is 21.1 Å². The van der Waals surface area contributed by atoms with Crippen molar-refractivity contribution in [1.82, 2.24) is 20.7 Å². The van der Waals surface area contributed by atoms with Crippen molar-refractivity contribution in [2.45, 2.75) is 65.7 Å². The molecule has 0 spiro atoms. The van der Waals surface area contributed by atoms with Crippen LogP contribution < -0.4 is 10.9 Å². The number of nitrogens with zero attached hydrogens (tertiary/aromatic N) is 4. The molecule has 0 atom stereocenters. The molecule has 39 heavy (non-hydrogen) atoms. The summed E-state index contributed by atoms with van der Waals surface area (Å²) in [6, 6.07) is -1.41. The van der Waals surface area contributed by atoms with Crippen LogP contribution in [-0.4, -0.2) is 101 Å². The Labute approximate surface area is 230 Å². The zero-order valence-corrected chi connectivity index (χ0v) is 25.5. The van der Waals surface area contributed by atoms with Crippen LogP contribution in [0.1, 0.15) is 39.5 Å². The minimum atomic E-state index is -2.69. The minimum Gasteiger partial charge on any atom is -0.466 e. The van der Waals surface area contributed by atoms with Crippen LogP contribution in [-0.2, 0) is 32.8 Å². The summed E-state index contributed by atoms with van der Waals surface area (Å²) >= 11 is 0. The molecule has 0 bridgehead atoms. The first kappa shape index (κ1) is 35.6. The fraction of sp³-hybridized carbons (Fsp3) is 0.727. The topological polar surface area (TPSA) is 185 Å². The maximum atomic E-state index is 12.6. The second kappa shape index (κ2) is 18.8. The standard InChI is InChI=1S/C22H40N6O9Si2/c1-7-13-35-19(31)9-11-27(21(33)25-23-15-29)17-38(3,4)37-39(5,6)18-28(22(34)26-24-16-30)12-10-20(32)36-14-8-2/h7-14,17-18H2,1-6H3,(H,25,33)(H,26,34). The molecule has 0 aromatic rings. The lowest BCUT2D eigenvalue weighted by molar-refractivity contribution is -0.144. The number of isocyanates is 2. The van der Waals surface area contributed by atoms with Gasteiger partial charge in [-0.05, 0) is 39.0 Å². The van der Waals surface area contributed by atoms with Crippen molar-refractivity contribution in [3.63, 3.8) is 0 Å². The van der Waals surface area contributed by atoms with Crippen LogP contribution in [0.15, 0.2) is 10.2 Å². The highest BCUT2D eigenvalue weighted by molar-refractivity contribution is 6.85. The fourth-order valence-electron chi connectivity index (χ4n) is 3.55. The number of rotatable bonds is 18. The van der Waals surface area contributed by atoms with Gasteiger partial charge in [-0.3, -0.25) is 9.59 Å². The van der Waals surface area contributed by atoms with Crippen molar-refractivity contribution in [3.8, 4) is 0 Å². The molecule has 4 amide bonds. The van der Waals surface area contributed by atoms with Gasteiger partial charge in [-0.1, -0.05) is 24.1 Å². The zero-order valence-electron chi connectivity index (χ0n) is 23.5. The Morgan fingerprint density at radius 2 is 1.08 bits per heavy atom.